The van der Waals surface area contributed by atoms with Gasteiger partial charge in [-0.15, -0.1) is 0 Å². The van der Waals surface area contributed by atoms with Gasteiger partial charge in [-0.2, -0.15) is 30.7 Å². The summed E-state index contributed by atoms with van der Waals surface area (Å²) in [6, 6.07) is 17.3. The molecule has 1 atom stereocenters. The Morgan fingerprint density at radius 2 is 1.18 bits per heavy atom. The molecular formula is C42H50F8O6. The average Bonchev–Trinajstić information content (AvgIpc) is 3.15. The van der Waals surface area contributed by atoms with Crippen LogP contribution in [0.15, 0.2) is 66.7 Å². The van der Waals surface area contributed by atoms with Gasteiger partial charge in [0.1, 0.15) is 23.9 Å². The minimum atomic E-state index is -6.39. The summed E-state index contributed by atoms with van der Waals surface area (Å²) < 4.78 is 124. The molecule has 0 bridgehead atoms. The lowest BCUT2D eigenvalue weighted by Gasteiger charge is -2.27. The number of benzene rings is 3. The number of alkyl halides is 7. The minimum Gasteiger partial charge on any atom is -0.493 e. The Kier molecular flexibility index (Phi) is 18.6. The summed E-state index contributed by atoms with van der Waals surface area (Å²) in [6.07, 6.45) is 4.96. The number of unbranched alkanes of at least 4 members (excludes halogenated alkanes) is 10. The van der Waals surface area contributed by atoms with Crippen molar-refractivity contribution in [2.24, 2.45) is 0 Å². The van der Waals surface area contributed by atoms with Crippen LogP contribution < -0.4 is 9.47 Å². The van der Waals surface area contributed by atoms with Crippen molar-refractivity contribution in [2.45, 2.75) is 121 Å². The van der Waals surface area contributed by atoms with Gasteiger partial charge in [-0.1, -0.05) is 89.0 Å². The highest BCUT2D eigenvalue weighted by molar-refractivity contribution is 5.92. The Balaban J connectivity index is 1.34. The van der Waals surface area contributed by atoms with Gasteiger partial charge in [0.2, 0.25) is 0 Å². The minimum absolute atomic E-state index is 0.167. The van der Waals surface area contributed by atoms with Crippen LogP contribution in [0, 0.1) is 5.82 Å². The molecule has 56 heavy (non-hydrogen) atoms. The molecule has 0 aliphatic heterocycles. The van der Waals surface area contributed by atoms with Gasteiger partial charge in [-0.3, -0.25) is 0 Å². The second-order valence-electron chi connectivity index (χ2n) is 13.7. The molecule has 3 aromatic carbocycles. The molecule has 6 nitrogen and oxygen atoms in total. The van der Waals surface area contributed by atoms with Crippen LogP contribution in [0.1, 0.15) is 118 Å². The SMILES string of the molecule is CCCCCCCCCC(C)OC(=O)c1ccc(-c2ccc(OC(=O)c3ccc(OCCCCCCCOCC(F)(F)C(F)(F)C(F)(F)F)cc3F)cc2)cc1. The van der Waals surface area contributed by atoms with Crippen molar-refractivity contribution >= 4 is 11.9 Å². The van der Waals surface area contributed by atoms with Gasteiger partial charge in [0.25, 0.3) is 0 Å². The number of esters is 2. The van der Waals surface area contributed by atoms with Gasteiger partial charge in [0.05, 0.1) is 23.8 Å². The summed E-state index contributed by atoms with van der Waals surface area (Å²) in [4.78, 5) is 25.3. The van der Waals surface area contributed by atoms with E-state index in [0.717, 1.165) is 36.5 Å². The summed E-state index contributed by atoms with van der Waals surface area (Å²) >= 11 is 0. The topological polar surface area (TPSA) is 71.1 Å². The normalized spacial score (nSPS) is 12.7. The Morgan fingerprint density at radius 1 is 0.643 bits per heavy atom. The van der Waals surface area contributed by atoms with Gasteiger partial charge in [-0.05, 0) is 80.1 Å². The number of halogens is 8. The lowest BCUT2D eigenvalue weighted by atomic mass is 10.0. The van der Waals surface area contributed by atoms with Crippen molar-refractivity contribution in [2.75, 3.05) is 19.8 Å². The van der Waals surface area contributed by atoms with E-state index in [1.54, 1.807) is 48.5 Å². The van der Waals surface area contributed by atoms with Crippen molar-refractivity contribution in [3.8, 4) is 22.6 Å². The Morgan fingerprint density at radius 3 is 1.77 bits per heavy atom. The smallest absolute Gasteiger partial charge is 0.459 e. The molecule has 3 aromatic rings. The highest BCUT2D eigenvalue weighted by Crippen LogP contribution is 2.46. The van der Waals surface area contributed by atoms with Crippen molar-refractivity contribution in [1.29, 1.82) is 0 Å². The van der Waals surface area contributed by atoms with Gasteiger partial charge >= 0.3 is 30.0 Å². The van der Waals surface area contributed by atoms with Gasteiger partial charge < -0.3 is 18.9 Å². The molecule has 0 aliphatic carbocycles. The third-order valence-corrected chi connectivity index (χ3v) is 9.00. The summed E-state index contributed by atoms with van der Waals surface area (Å²) in [6.45, 7) is 1.84. The molecule has 0 saturated carbocycles. The molecule has 0 aromatic heterocycles. The van der Waals surface area contributed by atoms with E-state index in [0.29, 0.717) is 31.2 Å². The fraction of sp³-hybridized carbons (Fsp3) is 0.524. The maximum absolute atomic E-state index is 14.8. The largest absolute Gasteiger partial charge is 0.493 e. The predicted molar refractivity (Wildman–Crippen MR) is 196 cm³/mol. The van der Waals surface area contributed by atoms with Gasteiger partial charge in [-0.25, -0.2) is 14.0 Å². The van der Waals surface area contributed by atoms with Crippen molar-refractivity contribution in [1.82, 2.24) is 0 Å². The fourth-order valence-electron chi connectivity index (χ4n) is 5.65. The van der Waals surface area contributed by atoms with Crippen LogP contribution >= 0.6 is 0 Å². The van der Waals surface area contributed by atoms with Crippen LogP contribution in [0.25, 0.3) is 11.1 Å². The van der Waals surface area contributed by atoms with E-state index in [9.17, 15) is 44.7 Å². The zero-order valence-electron chi connectivity index (χ0n) is 31.7. The quantitative estimate of drug-likeness (QED) is 0.0368. The molecule has 0 N–H and O–H groups in total. The van der Waals surface area contributed by atoms with E-state index >= 15 is 0 Å². The average molecular weight is 803 g/mol. The third kappa shape index (κ3) is 14.7. The summed E-state index contributed by atoms with van der Waals surface area (Å²) in [5.74, 6) is -13.3. The van der Waals surface area contributed by atoms with E-state index < -0.39 is 43.0 Å². The Bertz CT molecular complexity index is 1630. The number of carbonyl (C=O) groups is 2. The number of ether oxygens (including phenoxy) is 4. The molecule has 0 aliphatic rings. The number of hydrogen-bond donors (Lipinski definition) is 0. The van der Waals surface area contributed by atoms with Crippen molar-refractivity contribution in [3.63, 3.8) is 0 Å². The van der Waals surface area contributed by atoms with Crippen LogP contribution in [0.3, 0.4) is 0 Å². The third-order valence-electron chi connectivity index (χ3n) is 9.00. The van der Waals surface area contributed by atoms with Crippen LogP contribution in [-0.2, 0) is 9.47 Å². The van der Waals surface area contributed by atoms with E-state index in [-0.39, 0.29) is 42.2 Å². The standard InChI is InChI=1S/C42H50F8O6/c1-3-4-5-6-7-9-12-15-30(2)55-38(51)33-18-16-31(17-19-33)32-20-22-34(23-21-32)56-39(52)36-25-24-35(28-37(36)43)54-27-14-11-8-10-13-26-53-29-40(44,45)41(46,47)42(48,49)50/h16-25,28,30H,3-15,26-27,29H2,1-2H3. The molecule has 0 spiro atoms. The lowest BCUT2D eigenvalue weighted by molar-refractivity contribution is -0.361. The zero-order chi connectivity index (χ0) is 41.2. The fourth-order valence-corrected chi connectivity index (χ4v) is 5.65. The summed E-state index contributed by atoms with van der Waals surface area (Å²) in [5, 5.41) is 0. The highest BCUT2D eigenvalue weighted by Gasteiger charge is 2.73. The molecule has 0 fully saturated rings. The van der Waals surface area contributed by atoms with E-state index in [1.165, 1.54) is 44.2 Å². The molecule has 0 heterocycles. The molecule has 0 amide bonds. The van der Waals surface area contributed by atoms with Crippen LogP contribution in [-0.4, -0.2) is 55.9 Å². The first-order valence-corrected chi connectivity index (χ1v) is 19.0. The molecular weight excluding hydrogens is 752 g/mol. The van der Waals surface area contributed by atoms with E-state index in [1.807, 2.05) is 6.92 Å². The first kappa shape index (κ1) is 46.2. The van der Waals surface area contributed by atoms with Crippen molar-refractivity contribution in [3.05, 3.63) is 83.7 Å². The molecule has 310 valence electrons. The highest BCUT2D eigenvalue weighted by atomic mass is 19.4. The molecule has 1 unspecified atom stereocenters. The number of rotatable bonds is 25. The maximum atomic E-state index is 14.8. The predicted octanol–water partition coefficient (Wildman–Crippen LogP) is 12.6. The number of hydrogen-bond acceptors (Lipinski definition) is 6. The monoisotopic (exact) mass is 802 g/mol. The molecule has 14 heteroatoms. The summed E-state index contributed by atoms with van der Waals surface area (Å²) in [7, 11) is 0. The Hall–Kier alpha value is -4.20. The maximum Gasteiger partial charge on any atom is 0.459 e. The van der Waals surface area contributed by atoms with Gasteiger partial charge in [0.15, 0.2) is 0 Å². The van der Waals surface area contributed by atoms with E-state index in [4.69, 9.17) is 14.2 Å². The van der Waals surface area contributed by atoms with Crippen LogP contribution in [0.4, 0.5) is 35.1 Å². The molecule has 3 rings (SSSR count). The van der Waals surface area contributed by atoms with Gasteiger partial charge in [0, 0.05) is 12.7 Å². The first-order chi connectivity index (χ1) is 26.6. The summed E-state index contributed by atoms with van der Waals surface area (Å²) in [5.41, 5.74) is 1.78. The second kappa shape index (κ2) is 22.5. The Labute approximate surface area is 322 Å². The second-order valence-corrected chi connectivity index (χ2v) is 13.7. The zero-order valence-corrected chi connectivity index (χ0v) is 31.7. The molecule has 0 radical (unpaired) electrons. The van der Waals surface area contributed by atoms with E-state index in [2.05, 4.69) is 11.7 Å². The number of carbonyl (C=O) groups excluding carboxylic acids is 2. The van der Waals surface area contributed by atoms with Crippen LogP contribution in [0.2, 0.25) is 0 Å². The lowest BCUT2D eigenvalue weighted by Crippen LogP contribution is -2.54. The molecule has 0 saturated heterocycles. The first-order valence-electron chi connectivity index (χ1n) is 19.0. The van der Waals surface area contributed by atoms with Crippen molar-refractivity contribution < 1.29 is 63.7 Å². The van der Waals surface area contributed by atoms with Crippen LogP contribution in [0.5, 0.6) is 11.5 Å².